The number of rotatable bonds is 9. The van der Waals surface area contributed by atoms with Crippen LogP contribution in [0.2, 0.25) is 0 Å². The van der Waals surface area contributed by atoms with Crippen LogP contribution in [-0.2, 0) is 19.5 Å². The molecule has 0 spiro atoms. The molecule has 186 valence electrons. The number of amides is 1. The van der Waals surface area contributed by atoms with E-state index >= 15 is 0 Å². The van der Waals surface area contributed by atoms with Gasteiger partial charge in [-0.05, 0) is 60.7 Å². The monoisotopic (exact) mass is 510 g/mol. The van der Waals surface area contributed by atoms with Crippen molar-refractivity contribution in [1.29, 1.82) is 0 Å². The van der Waals surface area contributed by atoms with Gasteiger partial charge in [-0.25, -0.2) is 12.8 Å². The predicted octanol–water partition coefficient (Wildman–Crippen LogP) is 3.99. The number of halogens is 1. The summed E-state index contributed by atoms with van der Waals surface area (Å²) in [5.41, 5.74) is 0.208. The Kier molecular flexibility index (Phi) is 9.11. The number of carbonyl (C=O) groups excluding carboxylic acids is 1. The van der Waals surface area contributed by atoms with Gasteiger partial charge in [0.15, 0.2) is 6.29 Å². The number of sulfonamides is 1. The third-order valence-electron chi connectivity index (χ3n) is 5.67. The average molecular weight is 511 g/mol. The fourth-order valence-electron chi connectivity index (χ4n) is 4.05. The first-order valence-electron chi connectivity index (χ1n) is 11.1. The van der Waals surface area contributed by atoms with Gasteiger partial charge in [0.1, 0.15) is 5.82 Å². The van der Waals surface area contributed by atoms with Crippen molar-refractivity contribution < 1.29 is 27.1 Å². The lowest BCUT2D eigenvalue weighted by Gasteiger charge is -2.34. The van der Waals surface area contributed by atoms with E-state index < -0.39 is 22.2 Å². The largest absolute Gasteiger partial charge is 0.354 e. The molecular weight excluding hydrogens is 479 g/mol. The molecule has 1 saturated heterocycles. The molecule has 2 atom stereocenters. The van der Waals surface area contributed by atoms with Crippen molar-refractivity contribution in [2.75, 3.05) is 33.9 Å². The van der Waals surface area contributed by atoms with Gasteiger partial charge in [-0.3, -0.25) is 4.79 Å². The summed E-state index contributed by atoms with van der Waals surface area (Å²) in [5, 5.41) is 2.74. The minimum atomic E-state index is -3.77. The molecule has 7 nitrogen and oxygen atoms in total. The van der Waals surface area contributed by atoms with Crippen molar-refractivity contribution >= 4 is 27.7 Å². The second kappa shape index (κ2) is 11.6. The number of ether oxygens (including phenoxy) is 2. The molecule has 2 aromatic carbocycles. The average Bonchev–Trinajstić information content (AvgIpc) is 2.80. The molecule has 0 aliphatic carbocycles. The predicted molar refractivity (Wildman–Crippen MR) is 129 cm³/mol. The van der Waals surface area contributed by atoms with Crippen molar-refractivity contribution in [1.82, 2.24) is 9.62 Å². The quantitative estimate of drug-likeness (QED) is 0.514. The van der Waals surface area contributed by atoms with Gasteiger partial charge in [-0.2, -0.15) is 4.31 Å². The van der Waals surface area contributed by atoms with Gasteiger partial charge >= 0.3 is 0 Å². The van der Waals surface area contributed by atoms with Gasteiger partial charge in [0.05, 0.1) is 17.0 Å². The zero-order valence-electron chi connectivity index (χ0n) is 19.8. The summed E-state index contributed by atoms with van der Waals surface area (Å²) in [6.07, 6.45) is 0.341. The smallest absolute Gasteiger partial charge is 0.252 e. The number of nitrogens with zero attached hydrogens (tertiary/aromatic N) is 1. The number of piperidine rings is 1. The maximum Gasteiger partial charge on any atom is 0.252 e. The van der Waals surface area contributed by atoms with Crippen LogP contribution in [0.25, 0.3) is 0 Å². The highest BCUT2D eigenvalue weighted by Crippen LogP contribution is 2.34. The molecule has 1 fully saturated rings. The van der Waals surface area contributed by atoms with Crippen LogP contribution in [0.4, 0.5) is 4.39 Å². The number of benzene rings is 2. The molecule has 0 aromatic heterocycles. The molecule has 0 unspecified atom stereocenters. The van der Waals surface area contributed by atoms with E-state index in [2.05, 4.69) is 5.32 Å². The Hall–Kier alpha value is -1.98. The van der Waals surface area contributed by atoms with E-state index in [9.17, 15) is 17.6 Å². The first kappa shape index (κ1) is 26.6. The minimum Gasteiger partial charge on any atom is -0.354 e. The number of hydrogen-bond acceptors (Lipinski definition) is 6. The Morgan fingerprint density at radius 2 is 1.74 bits per heavy atom. The lowest BCUT2D eigenvalue weighted by atomic mass is 9.94. The van der Waals surface area contributed by atoms with Crippen LogP contribution in [0.1, 0.15) is 30.6 Å². The summed E-state index contributed by atoms with van der Waals surface area (Å²) < 4.78 is 51.9. The highest BCUT2D eigenvalue weighted by atomic mass is 32.2. The van der Waals surface area contributed by atoms with E-state index in [4.69, 9.17) is 9.47 Å². The van der Waals surface area contributed by atoms with Crippen molar-refractivity contribution in [2.24, 2.45) is 11.8 Å². The van der Waals surface area contributed by atoms with Crippen LogP contribution in [0.3, 0.4) is 0 Å². The Labute approximate surface area is 205 Å². The van der Waals surface area contributed by atoms with E-state index in [1.54, 1.807) is 18.2 Å². The lowest BCUT2D eigenvalue weighted by Crippen LogP contribution is -2.42. The standard InChI is InChI=1S/C24H31FN2O5S2/c1-16-11-17(2)15-27(14-16)34(29,30)20-9-10-22(33-19-7-5-18(25)6-8-19)21(12-20)24(28)26-13-23(31-3)32-4/h5-10,12,16-17,23H,11,13-15H2,1-4H3,(H,26,28)/t16-,17+. The molecule has 1 aliphatic heterocycles. The first-order chi connectivity index (χ1) is 16.1. The van der Waals surface area contributed by atoms with E-state index in [0.29, 0.717) is 18.0 Å². The third-order valence-corrected chi connectivity index (χ3v) is 8.58. The molecule has 34 heavy (non-hydrogen) atoms. The first-order valence-corrected chi connectivity index (χ1v) is 13.3. The highest BCUT2D eigenvalue weighted by molar-refractivity contribution is 7.99. The molecule has 1 heterocycles. The fraction of sp³-hybridized carbons (Fsp3) is 0.458. The van der Waals surface area contributed by atoms with Crippen LogP contribution in [0, 0.1) is 17.7 Å². The summed E-state index contributed by atoms with van der Waals surface area (Å²) in [6, 6.07) is 10.4. The number of carbonyl (C=O) groups is 1. The Balaban J connectivity index is 1.95. The van der Waals surface area contributed by atoms with E-state index in [-0.39, 0.29) is 34.7 Å². The second-order valence-corrected chi connectivity index (χ2v) is 11.6. The van der Waals surface area contributed by atoms with Gasteiger partial charge in [-0.1, -0.05) is 25.6 Å². The fourth-order valence-corrected chi connectivity index (χ4v) is 6.68. The van der Waals surface area contributed by atoms with Gasteiger partial charge in [0.25, 0.3) is 5.91 Å². The molecule has 1 N–H and O–H groups in total. The zero-order valence-corrected chi connectivity index (χ0v) is 21.4. The zero-order chi connectivity index (χ0) is 24.9. The molecule has 0 radical (unpaired) electrons. The van der Waals surface area contributed by atoms with Gasteiger partial charge in [0, 0.05) is 37.1 Å². The summed E-state index contributed by atoms with van der Waals surface area (Å²) in [5.74, 6) is -0.302. The maximum absolute atomic E-state index is 13.4. The van der Waals surface area contributed by atoms with Crippen LogP contribution in [0.5, 0.6) is 0 Å². The normalized spacial score (nSPS) is 19.4. The van der Waals surface area contributed by atoms with Crippen molar-refractivity contribution in [2.45, 2.75) is 41.2 Å². The van der Waals surface area contributed by atoms with Crippen molar-refractivity contribution in [3.63, 3.8) is 0 Å². The third kappa shape index (κ3) is 6.57. The van der Waals surface area contributed by atoms with E-state index in [1.807, 2.05) is 13.8 Å². The highest BCUT2D eigenvalue weighted by Gasteiger charge is 2.32. The van der Waals surface area contributed by atoms with Crippen LogP contribution in [-0.4, -0.2) is 58.8 Å². The van der Waals surface area contributed by atoms with Gasteiger partial charge in [-0.15, -0.1) is 0 Å². The lowest BCUT2D eigenvalue weighted by molar-refractivity contribution is -0.0974. The molecule has 1 aliphatic rings. The Morgan fingerprint density at radius 1 is 1.12 bits per heavy atom. The van der Waals surface area contributed by atoms with Crippen LogP contribution < -0.4 is 5.32 Å². The van der Waals surface area contributed by atoms with Crippen LogP contribution >= 0.6 is 11.8 Å². The summed E-state index contributed by atoms with van der Waals surface area (Å²) >= 11 is 1.25. The topological polar surface area (TPSA) is 84.9 Å². The minimum absolute atomic E-state index is 0.0671. The van der Waals surface area contributed by atoms with Gasteiger partial charge < -0.3 is 14.8 Å². The van der Waals surface area contributed by atoms with Crippen molar-refractivity contribution in [3.05, 3.63) is 53.8 Å². The molecule has 2 aromatic rings. The summed E-state index contributed by atoms with van der Waals surface area (Å²) in [7, 11) is -0.850. The molecule has 0 saturated carbocycles. The number of hydrogen-bond donors (Lipinski definition) is 1. The van der Waals surface area contributed by atoms with Crippen LogP contribution in [0.15, 0.2) is 57.2 Å². The maximum atomic E-state index is 13.4. The molecule has 3 rings (SSSR count). The molecule has 1 amide bonds. The Morgan fingerprint density at radius 3 is 2.32 bits per heavy atom. The van der Waals surface area contributed by atoms with Crippen molar-refractivity contribution in [3.8, 4) is 0 Å². The summed E-state index contributed by atoms with van der Waals surface area (Å²) in [6.45, 7) is 5.07. The van der Waals surface area contributed by atoms with E-state index in [1.165, 1.54) is 54.6 Å². The number of methoxy groups -OCH3 is 2. The van der Waals surface area contributed by atoms with Gasteiger partial charge in [0.2, 0.25) is 10.0 Å². The molecule has 0 bridgehead atoms. The number of nitrogens with one attached hydrogen (secondary N) is 1. The summed E-state index contributed by atoms with van der Waals surface area (Å²) in [4.78, 5) is 14.4. The molecule has 10 heteroatoms. The SMILES string of the molecule is COC(CNC(=O)c1cc(S(=O)(=O)N2C[C@H](C)C[C@H](C)C2)ccc1Sc1ccc(F)cc1)OC. The Bertz CT molecular complexity index is 1080. The second-order valence-electron chi connectivity index (χ2n) is 8.59. The molecular formula is C24H31FN2O5S2. The van der Waals surface area contributed by atoms with E-state index in [0.717, 1.165) is 11.3 Å².